The van der Waals surface area contributed by atoms with E-state index < -0.39 is 0 Å². The molecule has 5 heteroatoms. The molecule has 0 aliphatic heterocycles. The first-order valence-corrected chi connectivity index (χ1v) is 17.5. The number of imidazole rings is 1. The SMILES string of the molecule is CC(C)(C)c1ccc2c(-c3nc4ccccc4n3-c3c(-c4ccccc4)cccc3-c3ccccc3)[c-]oc2c1.[Ir].[c-]1ccccc1-c1ccccn1. The molecule has 0 atom stereocenters. The van der Waals surface area contributed by atoms with Crippen LogP contribution in [0.3, 0.4) is 0 Å². The molecule has 9 aromatic rings. The molecule has 0 amide bonds. The van der Waals surface area contributed by atoms with Gasteiger partial charge in [0.15, 0.2) is 0 Å². The third-order valence-electron chi connectivity index (χ3n) is 9.24. The molecular weight excluding hydrogens is 827 g/mol. The van der Waals surface area contributed by atoms with Crippen LogP contribution >= 0.6 is 0 Å². The molecular formula is C48H37IrN3O-2. The van der Waals surface area contributed by atoms with Gasteiger partial charge >= 0.3 is 0 Å². The number of hydrogen-bond donors (Lipinski definition) is 0. The summed E-state index contributed by atoms with van der Waals surface area (Å²) in [4.78, 5) is 9.41. The molecule has 3 aromatic heterocycles. The van der Waals surface area contributed by atoms with Crippen molar-refractivity contribution < 1.29 is 24.5 Å². The molecule has 4 nitrogen and oxygen atoms in total. The third-order valence-corrected chi connectivity index (χ3v) is 9.24. The van der Waals surface area contributed by atoms with Crippen molar-refractivity contribution in [2.24, 2.45) is 0 Å². The minimum atomic E-state index is 0. The monoisotopic (exact) mass is 864 g/mol. The number of hydrogen-bond acceptors (Lipinski definition) is 3. The third kappa shape index (κ3) is 7.27. The number of benzene rings is 6. The first-order chi connectivity index (χ1) is 25.5. The van der Waals surface area contributed by atoms with Crippen molar-refractivity contribution >= 4 is 22.0 Å². The summed E-state index contributed by atoms with van der Waals surface area (Å²) >= 11 is 0. The van der Waals surface area contributed by atoms with Crippen LogP contribution in [0.5, 0.6) is 0 Å². The molecule has 0 N–H and O–H groups in total. The Morgan fingerprint density at radius 2 is 1.30 bits per heavy atom. The number of para-hydroxylation sites is 3. The molecule has 6 aromatic carbocycles. The van der Waals surface area contributed by atoms with Crippen LogP contribution < -0.4 is 0 Å². The number of rotatable bonds is 5. The Balaban J connectivity index is 0.000000284. The van der Waals surface area contributed by atoms with Crippen LogP contribution in [0, 0.1) is 12.3 Å². The van der Waals surface area contributed by atoms with Crippen LogP contribution in [-0.4, -0.2) is 14.5 Å². The summed E-state index contributed by atoms with van der Waals surface area (Å²) in [5.41, 5.74) is 12.5. The van der Waals surface area contributed by atoms with Crippen molar-refractivity contribution in [3.05, 3.63) is 188 Å². The van der Waals surface area contributed by atoms with Gasteiger partial charge in [-0.3, -0.25) is 4.98 Å². The van der Waals surface area contributed by atoms with Gasteiger partial charge in [0.1, 0.15) is 0 Å². The second-order valence-electron chi connectivity index (χ2n) is 13.7. The van der Waals surface area contributed by atoms with Crippen LogP contribution in [0.25, 0.3) is 72.6 Å². The Bertz CT molecular complexity index is 2490. The normalized spacial score (nSPS) is 11.2. The van der Waals surface area contributed by atoms with Crippen molar-refractivity contribution in [2.45, 2.75) is 26.2 Å². The Morgan fingerprint density at radius 1 is 0.642 bits per heavy atom. The van der Waals surface area contributed by atoms with Crippen LogP contribution in [0.1, 0.15) is 26.3 Å². The van der Waals surface area contributed by atoms with Crippen molar-refractivity contribution in [3.63, 3.8) is 0 Å². The number of pyridine rings is 1. The topological polar surface area (TPSA) is 43.9 Å². The van der Waals surface area contributed by atoms with E-state index in [-0.39, 0.29) is 25.5 Å². The van der Waals surface area contributed by atoms with Crippen LogP contribution in [0.2, 0.25) is 0 Å². The summed E-state index contributed by atoms with van der Waals surface area (Å²) in [6.07, 6.45) is 5.03. The zero-order chi connectivity index (χ0) is 35.5. The Morgan fingerprint density at radius 3 is 1.94 bits per heavy atom. The second kappa shape index (κ2) is 15.4. The molecule has 0 aliphatic carbocycles. The Kier molecular flexibility index (Phi) is 10.3. The average molecular weight is 864 g/mol. The van der Waals surface area contributed by atoms with Gasteiger partial charge in [-0.1, -0.05) is 147 Å². The van der Waals surface area contributed by atoms with Crippen LogP contribution in [-0.2, 0) is 25.5 Å². The molecule has 0 aliphatic rings. The van der Waals surface area contributed by atoms with E-state index in [1.165, 1.54) is 5.56 Å². The van der Waals surface area contributed by atoms with Crippen molar-refractivity contribution in [1.82, 2.24) is 14.5 Å². The number of aromatic nitrogens is 3. The van der Waals surface area contributed by atoms with E-state index >= 15 is 0 Å². The maximum absolute atomic E-state index is 6.08. The maximum Gasteiger partial charge on any atom is 0.0774 e. The van der Waals surface area contributed by atoms with Gasteiger partial charge in [0.05, 0.1) is 22.5 Å². The van der Waals surface area contributed by atoms with E-state index in [4.69, 9.17) is 9.40 Å². The van der Waals surface area contributed by atoms with Gasteiger partial charge in [-0.25, -0.2) is 0 Å². The molecule has 0 unspecified atom stereocenters. The van der Waals surface area contributed by atoms with E-state index in [1.807, 2.05) is 48.5 Å². The summed E-state index contributed by atoms with van der Waals surface area (Å²) < 4.78 is 8.37. The van der Waals surface area contributed by atoms with E-state index in [1.54, 1.807) is 6.20 Å². The van der Waals surface area contributed by atoms with Crippen molar-refractivity contribution in [2.75, 3.05) is 0 Å². The van der Waals surface area contributed by atoms with E-state index in [0.717, 1.165) is 72.6 Å². The van der Waals surface area contributed by atoms with Gasteiger partial charge in [-0.2, -0.15) is 0 Å². The molecule has 0 fully saturated rings. The zero-order valence-corrected chi connectivity index (χ0v) is 32.1. The van der Waals surface area contributed by atoms with Gasteiger partial charge in [-0.15, -0.1) is 42.0 Å². The fourth-order valence-electron chi connectivity index (χ4n) is 6.59. The van der Waals surface area contributed by atoms with E-state index in [9.17, 15) is 0 Å². The molecule has 53 heavy (non-hydrogen) atoms. The fraction of sp³-hybridized carbons (Fsp3) is 0.0833. The molecule has 3 heterocycles. The van der Waals surface area contributed by atoms with E-state index in [2.05, 4.69) is 158 Å². The van der Waals surface area contributed by atoms with Crippen molar-refractivity contribution in [3.8, 4) is 50.6 Å². The number of fused-ring (bicyclic) bond motifs is 2. The van der Waals surface area contributed by atoms with Gasteiger partial charge in [0.25, 0.3) is 0 Å². The second-order valence-corrected chi connectivity index (χ2v) is 13.7. The van der Waals surface area contributed by atoms with Crippen LogP contribution in [0.4, 0.5) is 0 Å². The molecule has 0 spiro atoms. The first kappa shape index (κ1) is 35.5. The number of furan rings is 1. The van der Waals surface area contributed by atoms with Gasteiger partial charge < -0.3 is 14.0 Å². The summed E-state index contributed by atoms with van der Waals surface area (Å²) in [6.45, 7) is 6.65. The van der Waals surface area contributed by atoms with Gasteiger partial charge in [-0.05, 0) is 46.0 Å². The first-order valence-electron chi connectivity index (χ1n) is 17.5. The summed E-state index contributed by atoms with van der Waals surface area (Å²) in [5.74, 6) is 0.809. The molecule has 0 bridgehead atoms. The Hall–Kier alpha value is -5.87. The average Bonchev–Trinajstić information content (AvgIpc) is 3.80. The predicted octanol–water partition coefficient (Wildman–Crippen LogP) is 12.4. The standard InChI is InChI=1S/C37H29N2O.C11H8N.Ir/c1-37(2,3)27-21-22-30-31(24-40-34(30)23-27)36-38-32-19-10-11-20-33(32)39(36)35-28(25-13-6-4-7-14-25)17-12-18-29(35)26-15-8-5-9-16-26;1-2-6-10(7-3-1)11-8-4-5-9-12-11;/h4-23H,1-3H3;1-6,8-9H;/q2*-1;. The molecule has 0 saturated carbocycles. The smallest absolute Gasteiger partial charge is 0.0774 e. The fourth-order valence-corrected chi connectivity index (χ4v) is 6.59. The maximum atomic E-state index is 6.08. The van der Waals surface area contributed by atoms with Crippen molar-refractivity contribution in [1.29, 1.82) is 0 Å². The molecule has 261 valence electrons. The molecule has 0 saturated heterocycles. The number of nitrogens with zero attached hydrogens (tertiary/aromatic N) is 3. The van der Waals surface area contributed by atoms with Crippen LogP contribution in [0.15, 0.2) is 174 Å². The minimum Gasteiger partial charge on any atom is -0.557 e. The van der Waals surface area contributed by atoms with E-state index in [0.29, 0.717) is 0 Å². The summed E-state index contributed by atoms with van der Waals surface area (Å²) in [5, 5.41) is 1.00. The Labute approximate surface area is 324 Å². The summed E-state index contributed by atoms with van der Waals surface area (Å²) in [7, 11) is 0. The predicted molar refractivity (Wildman–Crippen MR) is 213 cm³/mol. The summed E-state index contributed by atoms with van der Waals surface area (Å²) in [6, 6.07) is 59.3. The minimum absolute atomic E-state index is 0. The largest absolute Gasteiger partial charge is 0.557 e. The quantitative estimate of drug-likeness (QED) is 0.162. The van der Waals surface area contributed by atoms with Gasteiger partial charge in [0.2, 0.25) is 0 Å². The molecule has 1 radical (unpaired) electrons. The van der Waals surface area contributed by atoms with Gasteiger partial charge in [0, 0.05) is 49.3 Å². The molecule has 9 rings (SSSR count). The zero-order valence-electron chi connectivity index (χ0n) is 29.7.